The number of anilines is 2. The van der Waals surface area contributed by atoms with Gasteiger partial charge in [-0.1, -0.05) is 0 Å². The molecule has 0 bridgehead atoms. The molecule has 0 saturated carbocycles. The van der Waals surface area contributed by atoms with E-state index in [9.17, 15) is 0 Å². The third kappa shape index (κ3) is 1.95. The topological polar surface area (TPSA) is 58.3 Å². The summed E-state index contributed by atoms with van der Waals surface area (Å²) in [5.74, 6) is 3.90. The fourth-order valence-electron chi connectivity index (χ4n) is 3.15. The molecule has 2 saturated heterocycles. The van der Waals surface area contributed by atoms with Gasteiger partial charge in [0.2, 0.25) is 0 Å². The highest BCUT2D eigenvalue weighted by Crippen LogP contribution is 2.32. The van der Waals surface area contributed by atoms with E-state index >= 15 is 0 Å². The summed E-state index contributed by atoms with van der Waals surface area (Å²) in [6, 6.07) is 1.89. The molecule has 2 aliphatic rings. The SMILES string of the molecule is Cc1nc(N)cc(N2C[C@H]3CN(C)C[C@H]3C2)n1. The fraction of sp³-hybridized carbons (Fsp3) is 0.667. The normalized spacial score (nSPS) is 28.7. The van der Waals surface area contributed by atoms with Crippen LogP contribution >= 0.6 is 0 Å². The lowest BCUT2D eigenvalue weighted by Crippen LogP contribution is -2.27. The molecule has 0 spiro atoms. The van der Waals surface area contributed by atoms with Crippen molar-refractivity contribution in [2.75, 3.05) is 43.9 Å². The van der Waals surface area contributed by atoms with Crippen LogP contribution in [-0.4, -0.2) is 48.1 Å². The van der Waals surface area contributed by atoms with Gasteiger partial charge in [0.05, 0.1) is 0 Å². The lowest BCUT2D eigenvalue weighted by atomic mass is 10.0. The second-order valence-electron chi connectivity index (χ2n) is 5.34. The Morgan fingerprint density at radius 3 is 2.41 bits per heavy atom. The van der Waals surface area contributed by atoms with Gasteiger partial charge in [-0.2, -0.15) is 0 Å². The summed E-state index contributed by atoms with van der Waals surface area (Å²) >= 11 is 0. The lowest BCUT2D eigenvalue weighted by Gasteiger charge is -2.20. The van der Waals surface area contributed by atoms with Crippen molar-refractivity contribution < 1.29 is 0 Å². The van der Waals surface area contributed by atoms with E-state index in [1.54, 1.807) is 0 Å². The maximum atomic E-state index is 5.78. The molecule has 17 heavy (non-hydrogen) atoms. The number of fused-ring (bicyclic) bond motifs is 1. The molecule has 1 aromatic heterocycles. The zero-order valence-electron chi connectivity index (χ0n) is 10.4. The highest BCUT2D eigenvalue weighted by Gasteiger charge is 2.39. The van der Waals surface area contributed by atoms with Gasteiger partial charge in [-0.25, -0.2) is 9.97 Å². The Morgan fingerprint density at radius 2 is 1.82 bits per heavy atom. The molecular formula is C12H19N5. The van der Waals surface area contributed by atoms with E-state index in [1.165, 1.54) is 13.1 Å². The highest BCUT2D eigenvalue weighted by atomic mass is 15.3. The molecule has 2 atom stereocenters. The molecule has 0 amide bonds. The molecule has 0 unspecified atom stereocenters. The van der Waals surface area contributed by atoms with Crippen molar-refractivity contribution in [2.24, 2.45) is 11.8 Å². The Balaban J connectivity index is 1.79. The molecule has 0 aliphatic carbocycles. The quantitative estimate of drug-likeness (QED) is 0.759. The minimum Gasteiger partial charge on any atom is -0.384 e. The Labute approximate surface area is 102 Å². The van der Waals surface area contributed by atoms with Crippen molar-refractivity contribution >= 4 is 11.6 Å². The van der Waals surface area contributed by atoms with E-state index in [1.807, 2.05) is 13.0 Å². The molecule has 0 aromatic carbocycles. The molecule has 5 heteroatoms. The van der Waals surface area contributed by atoms with Crippen LogP contribution in [0.2, 0.25) is 0 Å². The van der Waals surface area contributed by atoms with Crippen LogP contribution in [0.25, 0.3) is 0 Å². The highest BCUT2D eigenvalue weighted by molar-refractivity contribution is 5.48. The number of aryl methyl sites for hydroxylation is 1. The molecule has 2 fully saturated rings. The van der Waals surface area contributed by atoms with Crippen molar-refractivity contribution in [2.45, 2.75) is 6.92 Å². The zero-order chi connectivity index (χ0) is 12.0. The molecule has 2 N–H and O–H groups in total. The van der Waals surface area contributed by atoms with E-state index in [0.29, 0.717) is 5.82 Å². The number of aromatic nitrogens is 2. The predicted molar refractivity (Wildman–Crippen MR) is 67.9 cm³/mol. The second kappa shape index (κ2) is 3.84. The summed E-state index contributed by atoms with van der Waals surface area (Å²) in [7, 11) is 2.20. The number of nitrogens with zero attached hydrogens (tertiary/aromatic N) is 4. The number of nitrogen functional groups attached to an aromatic ring is 1. The Hall–Kier alpha value is -1.36. The van der Waals surface area contributed by atoms with E-state index in [0.717, 1.165) is 36.6 Å². The van der Waals surface area contributed by atoms with Gasteiger partial charge < -0.3 is 15.5 Å². The molecule has 0 radical (unpaired) electrons. The number of likely N-dealkylation sites (tertiary alicyclic amines) is 1. The summed E-state index contributed by atoms with van der Waals surface area (Å²) in [5, 5.41) is 0. The summed E-state index contributed by atoms with van der Waals surface area (Å²) in [6.07, 6.45) is 0. The maximum absolute atomic E-state index is 5.78. The Morgan fingerprint density at radius 1 is 1.18 bits per heavy atom. The van der Waals surface area contributed by atoms with Crippen LogP contribution in [0, 0.1) is 18.8 Å². The van der Waals surface area contributed by atoms with Crippen molar-refractivity contribution in [1.82, 2.24) is 14.9 Å². The van der Waals surface area contributed by atoms with Crippen molar-refractivity contribution in [3.63, 3.8) is 0 Å². The van der Waals surface area contributed by atoms with Gasteiger partial charge in [0.1, 0.15) is 17.5 Å². The summed E-state index contributed by atoms with van der Waals surface area (Å²) in [5.41, 5.74) is 5.78. The van der Waals surface area contributed by atoms with Crippen LogP contribution in [-0.2, 0) is 0 Å². The molecule has 1 aromatic rings. The number of hydrogen-bond acceptors (Lipinski definition) is 5. The van der Waals surface area contributed by atoms with Gasteiger partial charge in [-0.15, -0.1) is 0 Å². The van der Waals surface area contributed by atoms with Gasteiger partial charge in [0.15, 0.2) is 0 Å². The minimum atomic E-state index is 0.571. The van der Waals surface area contributed by atoms with Crippen LogP contribution in [0.3, 0.4) is 0 Å². The largest absolute Gasteiger partial charge is 0.384 e. The maximum Gasteiger partial charge on any atom is 0.134 e. The Bertz CT molecular complexity index is 399. The molecule has 5 nitrogen and oxygen atoms in total. The predicted octanol–water partition coefficient (Wildman–Crippen LogP) is 0.365. The zero-order valence-corrected chi connectivity index (χ0v) is 10.4. The first kappa shape index (κ1) is 10.8. The fourth-order valence-corrected chi connectivity index (χ4v) is 3.15. The van der Waals surface area contributed by atoms with Gasteiger partial charge in [-0.3, -0.25) is 0 Å². The van der Waals surface area contributed by atoms with Crippen LogP contribution < -0.4 is 10.6 Å². The number of nitrogens with two attached hydrogens (primary N) is 1. The molecule has 2 aliphatic heterocycles. The van der Waals surface area contributed by atoms with Crippen LogP contribution in [0.5, 0.6) is 0 Å². The average molecular weight is 233 g/mol. The average Bonchev–Trinajstić information content (AvgIpc) is 2.72. The summed E-state index contributed by atoms with van der Waals surface area (Å²) < 4.78 is 0. The van der Waals surface area contributed by atoms with E-state index < -0.39 is 0 Å². The van der Waals surface area contributed by atoms with Crippen LogP contribution in [0.15, 0.2) is 6.07 Å². The number of rotatable bonds is 1. The van der Waals surface area contributed by atoms with Gasteiger partial charge in [0, 0.05) is 32.2 Å². The minimum absolute atomic E-state index is 0.571. The van der Waals surface area contributed by atoms with E-state index in [-0.39, 0.29) is 0 Å². The van der Waals surface area contributed by atoms with Crippen molar-refractivity contribution in [1.29, 1.82) is 0 Å². The first-order valence-electron chi connectivity index (χ1n) is 6.16. The van der Waals surface area contributed by atoms with E-state index in [4.69, 9.17) is 5.73 Å². The van der Waals surface area contributed by atoms with E-state index in [2.05, 4.69) is 26.8 Å². The lowest BCUT2D eigenvalue weighted by molar-refractivity contribution is 0.387. The summed E-state index contributed by atoms with van der Waals surface area (Å²) in [6.45, 7) is 6.52. The summed E-state index contributed by atoms with van der Waals surface area (Å²) in [4.78, 5) is 13.4. The van der Waals surface area contributed by atoms with Crippen molar-refractivity contribution in [3.05, 3.63) is 11.9 Å². The molecule has 3 rings (SSSR count). The van der Waals surface area contributed by atoms with Crippen LogP contribution in [0.4, 0.5) is 11.6 Å². The molecule has 92 valence electrons. The second-order valence-corrected chi connectivity index (χ2v) is 5.34. The standard InChI is InChI=1S/C12H19N5/c1-8-14-11(13)3-12(15-8)17-6-9-4-16(2)5-10(9)7-17/h3,9-10H,4-7H2,1-2H3,(H2,13,14,15)/t9-,10+. The van der Waals surface area contributed by atoms with Crippen molar-refractivity contribution in [3.8, 4) is 0 Å². The molecule has 3 heterocycles. The van der Waals surface area contributed by atoms with Crippen LogP contribution in [0.1, 0.15) is 5.82 Å². The third-order valence-corrected chi connectivity index (χ3v) is 3.84. The monoisotopic (exact) mass is 233 g/mol. The first-order chi connectivity index (χ1) is 8.11. The van der Waals surface area contributed by atoms with Gasteiger partial charge in [-0.05, 0) is 25.8 Å². The van der Waals surface area contributed by atoms with Gasteiger partial charge in [0.25, 0.3) is 0 Å². The van der Waals surface area contributed by atoms with Gasteiger partial charge >= 0.3 is 0 Å². The third-order valence-electron chi connectivity index (χ3n) is 3.84. The number of hydrogen-bond donors (Lipinski definition) is 1. The Kier molecular flexibility index (Phi) is 2.43. The molecular weight excluding hydrogens is 214 g/mol. The first-order valence-corrected chi connectivity index (χ1v) is 6.16. The smallest absolute Gasteiger partial charge is 0.134 e.